The Bertz CT molecular complexity index is 616. The Labute approximate surface area is 115 Å². The van der Waals surface area contributed by atoms with Crippen LogP contribution in [0.4, 0.5) is 8.78 Å². The van der Waals surface area contributed by atoms with Crippen molar-refractivity contribution >= 4 is 5.91 Å². The van der Waals surface area contributed by atoms with Crippen molar-refractivity contribution in [1.29, 1.82) is 0 Å². The molecule has 0 saturated carbocycles. The first-order chi connectivity index (χ1) is 9.60. The molecule has 1 aromatic heterocycles. The Morgan fingerprint density at radius 3 is 2.70 bits per heavy atom. The van der Waals surface area contributed by atoms with Crippen molar-refractivity contribution in [2.45, 2.75) is 13.5 Å². The van der Waals surface area contributed by atoms with Crippen LogP contribution in [0.2, 0.25) is 0 Å². The van der Waals surface area contributed by atoms with Crippen molar-refractivity contribution in [2.24, 2.45) is 0 Å². The van der Waals surface area contributed by atoms with Gasteiger partial charge in [-0.15, -0.1) is 0 Å². The highest BCUT2D eigenvalue weighted by molar-refractivity contribution is 5.94. The topological polar surface area (TPSA) is 33.2 Å². The molecule has 5 heteroatoms. The molecule has 0 atom stereocenters. The molecule has 104 valence electrons. The summed E-state index contributed by atoms with van der Waals surface area (Å²) in [6.07, 6.45) is 1.25. The third kappa shape index (κ3) is 3.38. The van der Waals surface area contributed by atoms with E-state index in [0.29, 0.717) is 12.1 Å². The number of halogens is 2. The molecule has 1 aromatic carbocycles. The highest BCUT2D eigenvalue weighted by Gasteiger charge is 2.15. The third-order valence-corrected chi connectivity index (χ3v) is 2.90. The van der Waals surface area contributed by atoms with Crippen LogP contribution in [0.3, 0.4) is 0 Å². The summed E-state index contributed by atoms with van der Waals surface area (Å²) in [6.45, 7) is 2.53. The lowest BCUT2D eigenvalue weighted by atomic mass is 10.1. The SMILES string of the molecule is CCN(Cc1cccc(F)c1)C(=O)c1ccnc(F)c1. The molecular formula is C15H14F2N2O. The lowest BCUT2D eigenvalue weighted by Crippen LogP contribution is -2.30. The molecule has 20 heavy (non-hydrogen) atoms. The molecule has 0 unspecified atom stereocenters. The molecule has 1 heterocycles. The number of benzene rings is 1. The third-order valence-electron chi connectivity index (χ3n) is 2.90. The average Bonchev–Trinajstić information content (AvgIpc) is 2.44. The van der Waals surface area contributed by atoms with Gasteiger partial charge in [-0.3, -0.25) is 4.79 Å². The number of pyridine rings is 1. The van der Waals surface area contributed by atoms with Crippen molar-refractivity contribution in [3.8, 4) is 0 Å². The van der Waals surface area contributed by atoms with Crippen molar-refractivity contribution < 1.29 is 13.6 Å². The van der Waals surface area contributed by atoms with Crippen LogP contribution >= 0.6 is 0 Å². The number of rotatable bonds is 4. The fourth-order valence-corrected chi connectivity index (χ4v) is 1.90. The van der Waals surface area contributed by atoms with E-state index in [9.17, 15) is 13.6 Å². The average molecular weight is 276 g/mol. The van der Waals surface area contributed by atoms with E-state index in [4.69, 9.17) is 0 Å². The molecule has 3 nitrogen and oxygen atoms in total. The number of aromatic nitrogens is 1. The van der Waals surface area contributed by atoms with Crippen LogP contribution in [-0.4, -0.2) is 22.3 Å². The fraction of sp³-hybridized carbons (Fsp3) is 0.200. The first-order valence-electron chi connectivity index (χ1n) is 6.25. The van der Waals surface area contributed by atoms with Crippen molar-refractivity contribution in [1.82, 2.24) is 9.88 Å². The van der Waals surface area contributed by atoms with Gasteiger partial charge in [-0.05, 0) is 30.7 Å². The van der Waals surface area contributed by atoms with E-state index in [1.165, 1.54) is 29.3 Å². The number of amides is 1. The minimum atomic E-state index is -0.697. The van der Waals surface area contributed by atoms with Gasteiger partial charge < -0.3 is 4.90 Å². The molecular weight excluding hydrogens is 262 g/mol. The Kier molecular flexibility index (Phi) is 4.40. The van der Waals surface area contributed by atoms with E-state index in [-0.39, 0.29) is 23.8 Å². The van der Waals surface area contributed by atoms with Gasteiger partial charge in [0.05, 0.1) is 0 Å². The standard InChI is InChI=1S/C15H14F2N2O/c1-2-19(10-11-4-3-5-13(16)8-11)15(20)12-6-7-18-14(17)9-12/h3-9H,2,10H2,1H3. The van der Waals surface area contributed by atoms with Gasteiger partial charge in [-0.1, -0.05) is 12.1 Å². The zero-order valence-electron chi connectivity index (χ0n) is 11.0. The normalized spacial score (nSPS) is 10.3. The summed E-state index contributed by atoms with van der Waals surface area (Å²) < 4.78 is 26.2. The maximum atomic E-state index is 13.1. The predicted octanol–water partition coefficient (Wildman–Crippen LogP) is 3.02. The van der Waals surface area contributed by atoms with Crippen LogP contribution in [0.15, 0.2) is 42.6 Å². The number of carbonyl (C=O) groups excluding carboxylic acids is 1. The molecule has 0 N–H and O–H groups in total. The summed E-state index contributed by atoms with van der Waals surface area (Å²) in [4.78, 5) is 17.2. The molecule has 0 spiro atoms. The molecule has 0 fully saturated rings. The quantitative estimate of drug-likeness (QED) is 0.804. The smallest absolute Gasteiger partial charge is 0.254 e. The Hall–Kier alpha value is -2.30. The second-order valence-electron chi connectivity index (χ2n) is 4.32. The van der Waals surface area contributed by atoms with Crippen molar-refractivity contribution in [3.63, 3.8) is 0 Å². The number of hydrogen-bond donors (Lipinski definition) is 0. The fourth-order valence-electron chi connectivity index (χ4n) is 1.90. The highest BCUT2D eigenvalue weighted by atomic mass is 19.1. The molecule has 0 aliphatic rings. The van der Waals surface area contributed by atoms with E-state index in [1.54, 1.807) is 12.1 Å². The van der Waals surface area contributed by atoms with E-state index >= 15 is 0 Å². The maximum absolute atomic E-state index is 13.1. The molecule has 0 bridgehead atoms. The van der Waals surface area contributed by atoms with Crippen molar-refractivity contribution in [2.75, 3.05) is 6.54 Å². The Morgan fingerprint density at radius 1 is 1.25 bits per heavy atom. The van der Waals surface area contributed by atoms with Crippen molar-refractivity contribution in [3.05, 3.63) is 65.5 Å². The van der Waals surface area contributed by atoms with E-state index in [1.807, 2.05) is 6.92 Å². The first-order valence-corrected chi connectivity index (χ1v) is 6.25. The molecule has 2 aromatic rings. The maximum Gasteiger partial charge on any atom is 0.254 e. The van der Waals surface area contributed by atoms with Gasteiger partial charge in [-0.2, -0.15) is 4.39 Å². The number of hydrogen-bond acceptors (Lipinski definition) is 2. The van der Waals surface area contributed by atoms with Gasteiger partial charge >= 0.3 is 0 Å². The van der Waals surface area contributed by atoms with E-state index < -0.39 is 5.95 Å². The summed E-state index contributed by atoms with van der Waals surface area (Å²) in [5, 5.41) is 0. The van der Waals surface area contributed by atoms with Gasteiger partial charge in [0.15, 0.2) is 0 Å². The predicted molar refractivity (Wildman–Crippen MR) is 71.0 cm³/mol. The monoisotopic (exact) mass is 276 g/mol. The van der Waals surface area contributed by atoms with Gasteiger partial charge in [0.25, 0.3) is 5.91 Å². The van der Waals surface area contributed by atoms with Crippen LogP contribution in [0.5, 0.6) is 0 Å². The first kappa shape index (κ1) is 14.1. The second-order valence-corrected chi connectivity index (χ2v) is 4.32. The summed E-state index contributed by atoms with van der Waals surface area (Å²) in [5.74, 6) is -1.35. The number of nitrogens with zero attached hydrogens (tertiary/aromatic N) is 2. The molecule has 1 amide bonds. The van der Waals surface area contributed by atoms with Crippen LogP contribution in [0.25, 0.3) is 0 Å². The lowest BCUT2D eigenvalue weighted by Gasteiger charge is -2.21. The van der Waals surface area contributed by atoms with Crippen LogP contribution in [0, 0.1) is 11.8 Å². The lowest BCUT2D eigenvalue weighted by molar-refractivity contribution is 0.0751. The van der Waals surface area contributed by atoms with Gasteiger partial charge in [0.1, 0.15) is 5.82 Å². The second kappa shape index (κ2) is 6.23. The molecule has 0 aliphatic heterocycles. The Balaban J connectivity index is 2.18. The van der Waals surface area contributed by atoms with Gasteiger partial charge in [-0.25, -0.2) is 9.37 Å². The summed E-state index contributed by atoms with van der Waals surface area (Å²) in [5.41, 5.74) is 0.922. The van der Waals surface area contributed by atoms with Crippen LogP contribution in [-0.2, 0) is 6.54 Å². The Morgan fingerprint density at radius 2 is 2.05 bits per heavy atom. The summed E-state index contributed by atoms with van der Waals surface area (Å²) in [7, 11) is 0. The largest absolute Gasteiger partial charge is 0.335 e. The van der Waals surface area contributed by atoms with E-state index in [2.05, 4.69) is 4.98 Å². The van der Waals surface area contributed by atoms with Gasteiger partial charge in [0.2, 0.25) is 5.95 Å². The molecule has 0 aliphatic carbocycles. The summed E-state index contributed by atoms with van der Waals surface area (Å²) in [6, 6.07) is 8.61. The molecule has 0 radical (unpaired) electrons. The van der Waals surface area contributed by atoms with Crippen LogP contribution < -0.4 is 0 Å². The minimum absolute atomic E-state index is 0.232. The van der Waals surface area contributed by atoms with E-state index in [0.717, 1.165) is 6.07 Å². The summed E-state index contributed by atoms with van der Waals surface area (Å²) >= 11 is 0. The number of carbonyl (C=O) groups is 1. The van der Waals surface area contributed by atoms with Gasteiger partial charge in [0, 0.05) is 30.9 Å². The zero-order chi connectivity index (χ0) is 14.5. The molecule has 0 saturated heterocycles. The molecule has 2 rings (SSSR count). The zero-order valence-corrected chi connectivity index (χ0v) is 11.0. The minimum Gasteiger partial charge on any atom is -0.335 e. The van der Waals surface area contributed by atoms with Crippen LogP contribution in [0.1, 0.15) is 22.8 Å². The highest BCUT2D eigenvalue weighted by Crippen LogP contribution is 2.11.